The van der Waals surface area contributed by atoms with Crippen LogP contribution in [0, 0.1) is 0 Å². The Labute approximate surface area is 312 Å². The minimum Gasteiger partial charge on any atom is -0.378 e. The van der Waals surface area contributed by atoms with E-state index in [-0.39, 0.29) is 32.0 Å². The molecule has 0 unspecified atom stereocenters. The average Bonchev–Trinajstić information content (AvgIpc) is 3.56. The van der Waals surface area contributed by atoms with Crippen molar-refractivity contribution in [3.63, 3.8) is 0 Å². The van der Waals surface area contributed by atoms with E-state index in [4.69, 9.17) is 9.47 Å². The summed E-state index contributed by atoms with van der Waals surface area (Å²) < 4.78 is 52.7. The van der Waals surface area contributed by atoms with Gasteiger partial charge in [0.05, 0.1) is 37.5 Å². The van der Waals surface area contributed by atoms with Gasteiger partial charge in [0.25, 0.3) is 0 Å². The number of anilines is 1. The van der Waals surface area contributed by atoms with Gasteiger partial charge in [-0.3, -0.25) is 9.59 Å². The van der Waals surface area contributed by atoms with Gasteiger partial charge < -0.3 is 24.2 Å². The van der Waals surface area contributed by atoms with E-state index in [0.29, 0.717) is 25.4 Å². The molecule has 282 valence electrons. The highest BCUT2D eigenvalue weighted by Crippen LogP contribution is 2.29. The lowest BCUT2D eigenvalue weighted by molar-refractivity contribution is -0.143. The molecule has 1 aliphatic heterocycles. The molecule has 0 N–H and O–H groups in total. The first-order valence-corrected chi connectivity index (χ1v) is 17.8. The van der Waals surface area contributed by atoms with E-state index in [1.54, 1.807) is 16.6 Å². The monoisotopic (exact) mass is 740 g/mol. The van der Waals surface area contributed by atoms with E-state index in [0.717, 1.165) is 58.6 Å². The second kappa shape index (κ2) is 17.5. The Balaban J connectivity index is 1.22. The minimum atomic E-state index is -4.47. The number of nitrogens with zero attached hydrogens (tertiary/aromatic N) is 6. The molecule has 1 atom stereocenters. The van der Waals surface area contributed by atoms with Crippen molar-refractivity contribution in [3.05, 3.63) is 131 Å². The predicted molar refractivity (Wildman–Crippen MR) is 200 cm³/mol. The molecule has 10 nitrogen and oxygen atoms in total. The van der Waals surface area contributed by atoms with E-state index in [2.05, 4.69) is 15.2 Å². The number of carbonyl (C=O) groups excluding carboxylic acids is 2. The van der Waals surface area contributed by atoms with Crippen LogP contribution in [-0.2, 0) is 51.9 Å². The third-order valence-electron chi connectivity index (χ3n) is 9.43. The number of hydrogen-bond acceptors (Lipinski definition) is 7. The third kappa shape index (κ3) is 9.91. The van der Waals surface area contributed by atoms with Crippen molar-refractivity contribution in [3.8, 4) is 0 Å². The molecular weight excluding hydrogens is 697 g/mol. The molecule has 0 radical (unpaired) electrons. The smallest absolute Gasteiger partial charge is 0.378 e. The number of amides is 2. The molecule has 4 aromatic carbocycles. The number of fused-ring (bicyclic) bond motifs is 1. The first-order valence-electron chi connectivity index (χ1n) is 17.8. The molecule has 54 heavy (non-hydrogen) atoms. The fourth-order valence-corrected chi connectivity index (χ4v) is 6.32. The molecule has 1 aliphatic rings. The third-order valence-corrected chi connectivity index (χ3v) is 9.43. The quantitative estimate of drug-likeness (QED) is 0.0997. The number of ether oxygens (including phenoxy) is 2. The Bertz CT molecular complexity index is 2030. The van der Waals surface area contributed by atoms with Gasteiger partial charge in [-0.25, -0.2) is 4.68 Å². The molecule has 0 bridgehead atoms. The summed E-state index contributed by atoms with van der Waals surface area (Å²) in [6, 6.07) is 26.9. The Morgan fingerprint density at radius 2 is 1.63 bits per heavy atom. The number of aromatic nitrogens is 3. The molecule has 13 heteroatoms. The van der Waals surface area contributed by atoms with Crippen LogP contribution in [0.3, 0.4) is 0 Å². The largest absolute Gasteiger partial charge is 0.416 e. The van der Waals surface area contributed by atoms with Crippen LogP contribution >= 0.6 is 0 Å². The summed E-state index contributed by atoms with van der Waals surface area (Å²) in [6.07, 6.45) is -1.45. The molecule has 2 amide bonds. The van der Waals surface area contributed by atoms with Crippen LogP contribution in [0.4, 0.5) is 18.9 Å². The van der Waals surface area contributed by atoms with Crippen LogP contribution in [0.2, 0.25) is 0 Å². The summed E-state index contributed by atoms with van der Waals surface area (Å²) in [5.74, 6) is -0.727. The van der Waals surface area contributed by atoms with E-state index >= 15 is 0 Å². The van der Waals surface area contributed by atoms with Crippen molar-refractivity contribution in [2.45, 2.75) is 31.8 Å². The second-order valence-corrected chi connectivity index (χ2v) is 13.2. The van der Waals surface area contributed by atoms with Crippen molar-refractivity contribution < 1.29 is 32.2 Å². The van der Waals surface area contributed by atoms with Gasteiger partial charge in [0, 0.05) is 58.5 Å². The summed E-state index contributed by atoms with van der Waals surface area (Å²) in [5, 5.41) is 8.20. The van der Waals surface area contributed by atoms with Crippen molar-refractivity contribution in [1.29, 1.82) is 0 Å². The molecule has 0 aliphatic carbocycles. The number of benzene rings is 4. The van der Waals surface area contributed by atoms with Gasteiger partial charge in [0.15, 0.2) is 0 Å². The fourth-order valence-electron chi connectivity index (χ4n) is 6.32. The topological polar surface area (TPSA) is 93.0 Å². The van der Waals surface area contributed by atoms with Gasteiger partial charge >= 0.3 is 6.18 Å². The van der Waals surface area contributed by atoms with Crippen molar-refractivity contribution in [2.75, 3.05) is 51.4 Å². The van der Waals surface area contributed by atoms with Gasteiger partial charge in [-0.2, -0.15) is 13.2 Å². The predicted octanol–water partition coefficient (Wildman–Crippen LogP) is 6.15. The molecule has 1 saturated heterocycles. The Kier molecular flexibility index (Phi) is 12.4. The fraction of sp³-hybridized carbons (Fsp3) is 0.317. The highest BCUT2D eigenvalue weighted by Gasteiger charge is 2.32. The number of hydrogen-bond donors (Lipinski definition) is 0. The minimum absolute atomic E-state index is 0.123. The lowest BCUT2D eigenvalue weighted by Crippen LogP contribution is -2.51. The first kappa shape index (κ1) is 38.2. The molecule has 1 fully saturated rings. The van der Waals surface area contributed by atoms with Crippen molar-refractivity contribution in [1.82, 2.24) is 24.8 Å². The summed E-state index contributed by atoms with van der Waals surface area (Å²) in [7, 11) is 3.52. The lowest BCUT2D eigenvalue weighted by atomic mass is 10.0. The maximum atomic E-state index is 14.4. The highest BCUT2D eigenvalue weighted by molar-refractivity contribution is 5.95. The van der Waals surface area contributed by atoms with Crippen LogP contribution in [0.5, 0.6) is 0 Å². The normalized spacial score (nSPS) is 14.1. The standard InChI is InChI=1S/C41H43F3N6O4/c1-47(20-23-54-29-33-12-18-37-36(26-33)45-46-48(37)2)40(52)38(27-31-6-4-3-5-7-31)50(28-32-10-16-35(17-11-32)49-21-24-53-25-22-49)39(51)19-13-30-8-14-34(15-9-30)41(42,43)44/h3-19,26,38H,20-25,27-29H2,1-2H3/t38-/m0/s1. The van der Waals surface area contributed by atoms with Crippen LogP contribution in [0.15, 0.2) is 103 Å². The maximum Gasteiger partial charge on any atom is 0.416 e. The SMILES string of the molecule is CN(CCOCc1ccc2c(c1)nnn2C)C(=O)[C@H](Cc1ccccc1)N(Cc1ccc(N2CCOCC2)cc1)C(=O)C=Cc1ccc(C(F)(F)F)cc1. The van der Waals surface area contributed by atoms with E-state index in [1.807, 2.05) is 79.8 Å². The zero-order chi connectivity index (χ0) is 38.1. The number of morpholine rings is 1. The number of likely N-dealkylation sites (N-methyl/N-ethyl adjacent to an activating group) is 1. The number of aryl methyl sites for hydroxylation is 1. The number of halogens is 3. The van der Waals surface area contributed by atoms with Gasteiger partial charge in [-0.15, -0.1) is 5.10 Å². The summed E-state index contributed by atoms with van der Waals surface area (Å²) in [5.41, 5.74) is 4.97. The molecule has 6 rings (SSSR count). The zero-order valence-corrected chi connectivity index (χ0v) is 30.3. The molecular formula is C41H43F3N6O4. The molecule has 0 saturated carbocycles. The van der Waals surface area contributed by atoms with Crippen LogP contribution in [0.1, 0.15) is 27.8 Å². The van der Waals surface area contributed by atoms with E-state index in [9.17, 15) is 22.8 Å². The first-order chi connectivity index (χ1) is 26.0. The molecule has 5 aromatic rings. The van der Waals surface area contributed by atoms with Crippen molar-refractivity contribution >= 4 is 34.6 Å². The molecule has 0 spiro atoms. The van der Waals surface area contributed by atoms with E-state index in [1.165, 1.54) is 29.2 Å². The summed E-state index contributed by atoms with van der Waals surface area (Å²) in [6.45, 7) is 3.82. The number of carbonyl (C=O) groups is 2. The van der Waals surface area contributed by atoms with E-state index < -0.39 is 23.7 Å². The summed E-state index contributed by atoms with van der Waals surface area (Å²) in [4.78, 5) is 33.9. The van der Waals surface area contributed by atoms with Gasteiger partial charge in [-0.1, -0.05) is 65.9 Å². The van der Waals surface area contributed by atoms with Crippen LogP contribution in [0.25, 0.3) is 17.1 Å². The van der Waals surface area contributed by atoms with Crippen LogP contribution < -0.4 is 4.90 Å². The second-order valence-electron chi connectivity index (χ2n) is 13.2. The number of rotatable bonds is 14. The van der Waals surface area contributed by atoms with Crippen molar-refractivity contribution in [2.24, 2.45) is 7.05 Å². The van der Waals surface area contributed by atoms with Crippen LogP contribution in [-0.4, -0.2) is 89.2 Å². The van der Waals surface area contributed by atoms with Gasteiger partial charge in [0.1, 0.15) is 11.6 Å². The Morgan fingerprint density at radius 3 is 2.33 bits per heavy atom. The Morgan fingerprint density at radius 1 is 0.926 bits per heavy atom. The maximum absolute atomic E-state index is 14.4. The Hall–Kier alpha value is -5.53. The molecule has 1 aromatic heterocycles. The molecule has 2 heterocycles. The average molecular weight is 741 g/mol. The van der Waals surface area contributed by atoms with Gasteiger partial charge in [0.2, 0.25) is 11.8 Å². The zero-order valence-electron chi connectivity index (χ0n) is 30.3. The lowest BCUT2D eigenvalue weighted by Gasteiger charge is -2.33. The number of alkyl halides is 3. The highest BCUT2D eigenvalue weighted by atomic mass is 19.4. The summed E-state index contributed by atoms with van der Waals surface area (Å²) >= 11 is 0. The van der Waals surface area contributed by atoms with Gasteiger partial charge in [-0.05, 0) is 64.7 Å².